The van der Waals surface area contributed by atoms with Crippen LogP contribution >= 0.6 is 0 Å². The number of carbonyl (C=O) groups is 1. The molecule has 1 N–H and O–H groups in total. The Balaban J connectivity index is 2.15. The zero-order chi connectivity index (χ0) is 13.2. The fraction of sp³-hybridized carbons (Fsp3) is 0.933. The Bertz CT molecular complexity index is 293. The van der Waals surface area contributed by atoms with E-state index in [1.807, 2.05) is 0 Å². The first-order chi connectivity index (χ1) is 8.52. The number of piperidine rings is 1. The van der Waals surface area contributed by atoms with E-state index in [1.54, 1.807) is 0 Å². The third kappa shape index (κ3) is 2.87. The van der Waals surface area contributed by atoms with Gasteiger partial charge in [0, 0.05) is 6.04 Å². The number of carboxylic acid groups (broad SMARTS) is 1. The number of likely N-dealkylation sites (tertiary alicyclic amines) is 1. The maximum atomic E-state index is 11.7. The lowest BCUT2D eigenvalue weighted by atomic mass is 9.75. The quantitative estimate of drug-likeness (QED) is 0.768. The average molecular weight is 253 g/mol. The lowest BCUT2D eigenvalue weighted by Crippen LogP contribution is -2.57. The standard InChI is InChI=1S/C15H27NO2/c1-15(2)10-7-11-16(13(15)14(17)18)12-8-5-3-4-6-9-12/h12-13H,3-11H2,1-2H3,(H,17,18). The molecule has 1 heterocycles. The van der Waals surface area contributed by atoms with E-state index in [0.717, 1.165) is 19.4 Å². The first kappa shape index (κ1) is 13.9. The van der Waals surface area contributed by atoms with Crippen LogP contribution in [0.2, 0.25) is 0 Å². The Kier molecular flexibility index (Phi) is 4.31. The summed E-state index contributed by atoms with van der Waals surface area (Å²) in [4.78, 5) is 14.0. The van der Waals surface area contributed by atoms with Gasteiger partial charge in [0.2, 0.25) is 0 Å². The summed E-state index contributed by atoms with van der Waals surface area (Å²) in [5, 5.41) is 9.60. The molecule has 1 saturated heterocycles. The molecule has 1 aliphatic heterocycles. The Labute approximate surface area is 111 Å². The second kappa shape index (κ2) is 5.60. The monoisotopic (exact) mass is 253 g/mol. The molecule has 3 heteroatoms. The molecule has 0 aromatic rings. The van der Waals surface area contributed by atoms with Gasteiger partial charge in [-0.15, -0.1) is 0 Å². The van der Waals surface area contributed by atoms with Crippen LogP contribution < -0.4 is 0 Å². The van der Waals surface area contributed by atoms with Gasteiger partial charge in [-0.3, -0.25) is 9.69 Å². The van der Waals surface area contributed by atoms with Gasteiger partial charge in [0.15, 0.2) is 0 Å². The topological polar surface area (TPSA) is 40.5 Å². The lowest BCUT2D eigenvalue weighted by Gasteiger charge is -2.47. The molecular weight excluding hydrogens is 226 g/mol. The second-order valence-corrected chi connectivity index (χ2v) is 6.72. The number of carboxylic acids is 1. The highest BCUT2D eigenvalue weighted by molar-refractivity contribution is 5.74. The maximum Gasteiger partial charge on any atom is 0.321 e. The van der Waals surface area contributed by atoms with Crippen molar-refractivity contribution in [2.24, 2.45) is 5.41 Å². The molecule has 2 fully saturated rings. The Morgan fingerprint density at radius 2 is 1.72 bits per heavy atom. The first-order valence-electron chi connectivity index (χ1n) is 7.51. The Morgan fingerprint density at radius 1 is 1.11 bits per heavy atom. The van der Waals surface area contributed by atoms with E-state index in [2.05, 4.69) is 18.7 Å². The highest BCUT2D eigenvalue weighted by atomic mass is 16.4. The summed E-state index contributed by atoms with van der Waals surface area (Å²) in [7, 11) is 0. The zero-order valence-corrected chi connectivity index (χ0v) is 11.8. The van der Waals surface area contributed by atoms with Crippen LogP contribution in [0.3, 0.4) is 0 Å². The molecule has 2 rings (SSSR count). The van der Waals surface area contributed by atoms with Crippen LogP contribution in [-0.4, -0.2) is 34.6 Å². The van der Waals surface area contributed by atoms with Gasteiger partial charge in [-0.1, -0.05) is 39.5 Å². The minimum atomic E-state index is -0.621. The van der Waals surface area contributed by atoms with Crippen LogP contribution in [0.1, 0.15) is 65.2 Å². The molecule has 1 saturated carbocycles. The third-order valence-corrected chi connectivity index (χ3v) is 4.84. The van der Waals surface area contributed by atoms with E-state index >= 15 is 0 Å². The molecule has 0 amide bonds. The van der Waals surface area contributed by atoms with E-state index in [4.69, 9.17) is 0 Å². The summed E-state index contributed by atoms with van der Waals surface area (Å²) < 4.78 is 0. The summed E-state index contributed by atoms with van der Waals surface area (Å²) in [6.07, 6.45) is 9.76. The van der Waals surface area contributed by atoms with Gasteiger partial charge in [0.1, 0.15) is 6.04 Å². The van der Waals surface area contributed by atoms with Crippen LogP contribution in [0, 0.1) is 5.41 Å². The lowest BCUT2D eigenvalue weighted by molar-refractivity contribution is -0.152. The van der Waals surface area contributed by atoms with Crippen molar-refractivity contribution in [2.75, 3.05) is 6.54 Å². The molecule has 0 radical (unpaired) electrons. The van der Waals surface area contributed by atoms with Crippen LogP contribution in [0.5, 0.6) is 0 Å². The van der Waals surface area contributed by atoms with E-state index in [0.29, 0.717) is 6.04 Å². The predicted molar refractivity (Wildman–Crippen MR) is 72.6 cm³/mol. The van der Waals surface area contributed by atoms with Crippen LogP contribution in [0.4, 0.5) is 0 Å². The van der Waals surface area contributed by atoms with Gasteiger partial charge in [0.05, 0.1) is 0 Å². The normalized spacial score (nSPS) is 30.9. The molecule has 1 aliphatic carbocycles. The van der Waals surface area contributed by atoms with E-state index in [1.165, 1.54) is 38.5 Å². The fourth-order valence-corrected chi connectivity index (χ4v) is 3.89. The SMILES string of the molecule is CC1(C)CCCN(C2CCCCCC2)C1C(=O)O. The molecule has 1 unspecified atom stereocenters. The van der Waals surface area contributed by atoms with Gasteiger partial charge in [-0.25, -0.2) is 0 Å². The number of hydrogen-bond donors (Lipinski definition) is 1. The largest absolute Gasteiger partial charge is 0.480 e. The molecule has 0 aromatic heterocycles. The van der Waals surface area contributed by atoms with Gasteiger partial charge in [-0.05, 0) is 37.6 Å². The van der Waals surface area contributed by atoms with Crippen molar-refractivity contribution in [3.63, 3.8) is 0 Å². The highest BCUT2D eigenvalue weighted by Gasteiger charge is 2.44. The molecule has 0 bridgehead atoms. The van der Waals surface area contributed by atoms with Gasteiger partial charge in [-0.2, -0.15) is 0 Å². The van der Waals surface area contributed by atoms with Crippen molar-refractivity contribution in [1.29, 1.82) is 0 Å². The van der Waals surface area contributed by atoms with Crippen molar-refractivity contribution in [3.05, 3.63) is 0 Å². The Morgan fingerprint density at radius 3 is 2.28 bits per heavy atom. The minimum Gasteiger partial charge on any atom is -0.480 e. The number of rotatable bonds is 2. The first-order valence-corrected chi connectivity index (χ1v) is 7.51. The van der Waals surface area contributed by atoms with Crippen LogP contribution in [0.15, 0.2) is 0 Å². The van der Waals surface area contributed by atoms with Gasteiger partial charge in [0.25, 0.3) is 0 Å². The molecule has 2 aliphatic rings. The molecule has 104 valence electrons. The van der Waals surface area contributed by atoms with Crippen molar-refractivity contribution in [3.8, 4) is 0 Å². The molecular formula is C15H27NO2. The highest BCUT2D eigenvalue weighted by Crippen LogP contribution is 2.38. The van der Waals surface area contributed by atoms with Crippen molar-refractivity contribution < 1.29 is 9.90 Å². The molecule has 1 atom stereocenters. The smallest absolute Gasteiger partial charge is 0.321 e. The summed E-state index contributed by atoms with van der Waals surface area (Å²) in [6, 6.07) is 0.225. The average Bonchev–Trinajstić information content (AvgIpc) is 2.55. The molecule has 0 aromatic carbocycles. The van der Waals surface area contributed by atoms with E-state index in [9.17, 15) is 9.90 Å². The minimum absolute atomic E-state index is 0.0869. The van der Waals surface area contributed by atoms with Crippen LogP contribution in [-0.2, 0) is 4.79 Å². The second-order valence-electron chi connectivity index (χ2n) is 6.72. The molecule has 3 nitrogen and oxygen atoms in total. The summed E-state index contributed by atoms with van der Waals surface area (Å²) in [5.41, 5.74) is -0.0869. The van der Waals surface area contributed by atoms with Gasteiger partial charge >= 0.3 is 5.97 Å². The zero-order valence-electron chi connectivity index (χ0n) is 11.8. The van der Waals surface area contributed by atoms with Crippen molar-refractivity contribution in [1.82, 2.24) is 4.90 Å². The number of aliphatic carboxylic acids is 1. The summed E-state index contributed by atoms with van der Waals surface area (Å²) in [6.45, 7) is 5.22. The van der Waals surface area contributed by atoms with E-state index in [-0.39, 0.29) is 11.5 Å². The van der Waals surface area contributed by atoms with E-state index < -0.39 is 5.97 Å². The summed E-state index contributed by atoms with van der Waals surface area (Å²) >= 11 is 0. The maximum absolute atomic E-state index is 11.7. The number of hydrogen-bond acceptors (Lipinski definition) is 2. The van der Waals surface area contributed by atoms with Crippen molar-refractivity contribution in [2.45, 2.75) is 77.3 Å². The molecule has 18 heavy (non-hydrogen) atoms. The summed E-state index contributed by atoms with van der Waals surface area (Å²) in [5.74, 6) is -0.621. The predicted octanol–water partition coefficient (Wildman–Crippen LogP) is 3.28. The Hall–Kier alpha value is -0.570. The van der Waals surface area contributed by atoms with Crippen molar-refractivity contribution >= 4 is 5.97 Å². The third-order valence-electron chi connectivity index (χ3n) is 4.84. The van der Waals surface area contributed by atoms with Gasteiger partial charge < -0.3 is 5.11 Å². The molecule has 0 spiro atoms. The van der Waals surface area contributed by atoms with Crippen LogP contribution in [0.25, 0.3) is 0 Å². The number of nitrogens with zero attached hydrogens (tertiary/aromatic N) is 1. The fourth-order valence-electron chi connectivity index (χ4n) is 3.89.